The van der Waals surface area contributed by atoms with Crippen LogP contribution >= 0.6 is 11.8 Å². The summed E-state index contributed by atoms with van der Waals surface area (Å²) in [5, 5.41) is 11.9. The molecule has 8 heteroatoms. The van der Waals surface area contributed by atoms with Gasteiger partial charge in [0, 0.05) is 29.8 Å². The van der Waals surface area contributed by atoms with Gasteiger partial charge in [-0.3, -0.25) is 0 Å². The number of carbonyl (C=O) groups is 2. The van der Waals surface area contributed by atoms with Crippen LogP contribution in [0.25, 0.3) is 0 Å². The summed E-state index contributed by atoms with van der Waals surface area (Å²) in [5.41, 5.74) is 0.548. The molecule has 0 radical (unpaired) electrons. The molecule has 1 aromatic carbocycles. The lowest BCUT2D eigenvalue weighted by atomic mass is 10.2. The number of anilines is 1. The van der Waals surface area contributed by atoms with Gasteiger partial charge in [0.2, 0.25) is 6.79 Å². The lowest BCUT2D eigenvalue weighted by Gasteiger charge is -2.32. The Bertz CT molecular complexity index is 580. The molecular formula is C13H14N2O5S. The van der Waals surface area contributed by atoms with Gasteiger partial charge in [0.25, 0.3) is 0 Å². The number of urea groups is 1. The molecule has 1 atom stereocenters. The average molecular weight is 310 g/mol. The highest BCUT2D eigenvalue weighted by Gasteiger charge is 2.32. The minimum atomic E-state index is -0.983. The van der Waals surface area contributed by atoms with E-state index in [2.05, 4.69) is 5.32 Å². The van der Waals surface area contributed by atoms with Crippen molar-refractivity contribution in [3.63, 3.8) is 0 Å². The minimum Gasteiger partial charge on any atom is -0.480 e. The summed E-state index contributed by atoms with van der Waals surface area (Å²) in [4.78, 5) is 24.8. The normalized spacial score (nSPS) is 20.2. The largest absolute Gasteiger partial charge is 0.480 e. The van der Waals surface area contributed by atoms with Gasteiger partial charge in [0.1, 0.15) is 6.04 Å². The number of thioether (sulfide) groups is 1. The molecule has 0 spiro atoms. The van der Waals surface area contributed by atoms with Crippen molar-refractivity contribution < 1.29 is 24.2 Å². The summed E-state index contributed by atoms with van der Waals surface area (Å²) in [5.74, 6) is 1.35. The van der Waals surface area contributed by atoms with E-state index in [0.29, 0.717) is 29.5 Å². The summed E-state index contributed by atoms with van der Waals surface area (Å²) in [6.07, 6.45) is 0. The van der Waals surface area contributed by atoms with Crippen LogP contribution in [-0.4, -0.2) is 52.9 Å². The number of ether oxygens (including phenoxy) is 2. The first-order valence-electron chi connectivity index (χ1n) is 6.43. The quantitative estimate of drug-likeness (QED) is 0.859. The van der Waals surface area contributed by atoms with Gasteiger partial charge in [-0.1, -0.05) is 0 Å². The molecule has 2 N–H and O–H groups in total. The molecule has 0 aliphatic carbocycles. The zero-order valence-corrected chi connectivity index (χ0v) is 11.9. The molecule has 7 nitrogen and oxygen atoms in total. The number of carboxylic acids is 1. The Hall–Kier alpha value is -2.09. The molecule has 2 aliphatic rings. The van der Waals surface area contributed by atoms with Gasteiger partial charge in [-0.25, -0.2) is 9.59 Å². The maximum Gasteiger partial charge on any atom is 0.327 e. The smallest absolute Gasteiger partial charge is 0.327 e. The second-order valence-corrected chi connectivity index (χ2v) is 5.77. The fraction of sp³-hybridized carbons (Fsp3) is 0.385. The van der Waals surface area contributed by atoms with Gasteiger partial charge >= 0.3 is 12.0 Å². The van der Waals surface area contributed by atoms with E-state index < -0.39 is 18.0 Å². The Kier molecular flexibility index (Phi) is 3.78. The number of amides is 2. The molecule has 1 aromatic rings. The van der Waals surface area contributed by atoms with Crippen LogP contribution in [0.1, 0.15) is 0 Å². The molecule has 0 bridgehead atoms. The molecule has 2 heterocycles. The molecule has 2 amide bonds. The van der Waals surface area contributed by atoms with Crippen LogP contribution in [0.5, 0.6) is 11.5 Å². The minimum absolute atomic E-state index is 0.164. The van der Waals surface area contributed by atoms with Crippen molar-refractivity contribution in [2.24, 2.45) is 0 Å². The molecule has 0 aromatic heterocycles. The molecule has 0 saturated carbocycles. The van der Waals surface area contributed by atoms with Crippen molar-refractivity contribution in [1.82, 2.24) is 4.90 Å². The monoisotopic (exact) mass is 310 g/mol. The Balaban J connectivity index is 1.71. The van der Waals surface area contributed by atoms with Gasteiger partial charge in [-0.2, -0.15) is 11.8 Å². The maximum absolute atomic E-state index is 12.3. The van der Waals surface area contributed by atoms with Crippen molar-refractivity contribution >= 4 is 29.4 Å². The van der Waals surface area contributed by atoms with Crippen LogP contribution in [0, 0.1) is 0 Å². The fourth-order valence-corrected chi connectivity index (χ4v) is 3.26. The molecule has 2 aliphatic heterocycles. The van der Waals surface area contributed by atoms with Crippen LogP contribution in [0.2, 0.25) is 0 Å². The number of nitrogens with zero attached hydrogens (tertiary/aromatic N) is 1. The third kappa shape index (κ3) is 2.85. The maximum atomic E-state index is 12.3. The van der Waals surface area contributed by atoms with Crippen molar-refractivity contribution in [3.05, 3.63) is 18.2 Å². The summed E-state index contributed by atoms with van der Waals surface area (Å²) in [6, 6.07) is 3.85. The standard InChI is InChI=1S/C13H14N2O5S/c16-12(17)9-6-21-4-3-15(9)13(18)14-8-1-2-10-11(5-8)20-7-19-10/h1-2,5,9H,3-4,6-7H2,(H,14,18)(H,16,17). The van der Waals surface area contributed by atoms with E-state index in [9.17, 15) is 14.7 Å². The van der Waals surface area contributed by atoms with Crippen molar-refractivity contribution in [2.75, 3.05) is 30.2 Å². The average Bonchev–Trinajstić information content (AvgIpc) is 2.94. The van der Waals surface area contributed by atoms with Gasteiger partial charge in [0.15, 0.2) is 11.5 Å². The van der Waals surface area contributed by atoms with Gasteiger partial charge < -0.3 is 24.8 Å². The molecule has 21 heavy (non-hydrogen) atoms. The number of hydrogen-bond acceptors (Lipinski definition) is 5. The zero-order chi connectivity index (χ0) is 14.8. The first-order valence-corrected chi connectivity index (χ1v) is 7.58. The number of hydrogen-bond donors (Lipinski definition) is 2. The third-order valence-corrected chi connectivity index (χ3v) is 4.32. The molecule has 112 valence electrons. The highest BCUT2D eigenvalue weighted by molar-refractivity contribution is 7.99. The summed E-state index contributed by atoms with van der Waals surface area (Å²) in [6.45, 7) is 0.579. The number of rotatable bonds is 2. The number of benzene rings is 1. The number of carboxylic acid groups (broad SMARTS) is 1. The summed E-state index contributed by atoms with van der Waals surface area (Å²) < 4.78 is 10.4. The van der Waals surface area contributed by atoms with E-state index in [1.165, 1.54) is 16.7 Å². The predicted molar refractivity (Wildman–Crippen MR) is 77.0 cm³/mol. The second-order valence-electron chi connectivity index (χ2n) is 4.62. The summed E-state index contributed by atoms with van der Waals surface area (Å²) in [7, 11) is 0. The van der Waals surface area contributed by atoms with Crippen molar-refractivity contribution in [1.29, 1.82) is 0 Å². The van der Waals surface area contributed by atoms with Crippen LogP contribution in [0.15, 0.2) is 18.2 Å². The summed E-state index contributed by atoms with van der Waals surface area (Å²) >= 11 is 1.54. The van der Waals surface area contributed by atoms with Gasteiger partial charge in [-0.05, 0) is 12.1 Å². The molecule has 3 rings (SSSR count). The van der Waals surface area contributed by atoms with Gasteiger partial charge in [-0.15, -0.1) is 0 Å². The first kappa shape index (κ1) is 13.9. The zero-order valence-electron chi connectivity index (χ0n) is 11.1. The lowest BCUT2D eigenvalue weighted by molar-refractivity contribution is -0.141. The predicted octanol–water partition coefficient (Wildman–Crippen LogP) is 1.45. The lowest BCUT2D eigenvalue weighted by Crippen LogP contribution is -2.51. The van der Waals surface area contributed by atoms with E-state index in [0.717, 1.165) is 5.75 Å². The van der Waals surface area contributed by atoms with Crippen molar-refractivity contribution in [3.8, 4) is 11.5 Å². The number of aliphatic carboxylic acids is 1. The van der Waals surface area contributed by atoms with E-state index in [1.807, 2.05) is 0 Å². The topological polar surface area (TPSA) is 88.1 Å². The molecular weight excluding hydrogens is 296 g/mol. The molecule has 1 unspecified atom stereocenters. The number of carbonyl (C=O) groups excluding carboxylic acids is 1. The van der Waals surface area contributed by atoms with Crippen LogP contribution in [-0.2, 0) is 4.79 Å². The van der Waals surface area contributed by atoms with Crippen LogP contribution in [0.4, 0.5) is 10.5 Å². The second kappa shape index (κ2) is 5.72. The number of fused-ring (bicyclic) bond motifs is 1. The third-order valence-electron chi connectivity index (χ3n) is 3.30. The molecule has 1 saturated heterocycles. The molecule has 1 fully saturated rings. The van der Waals surface area contributed by atoms with E-state index in [1.54, 1.807) is 18.2 Å². The Labute approximate surface area is 125 Å². The van der Waals surface area contributed by atoms with E-state index in [-0.39, 0.29) is 6.79 Å². The Morgan fingerprint density at radius 3 is 2.95 bits per heavy atom. The Morgan fingerprint density at radius 1 is 1.33 bits per heavy atom. The fourth-order valence-electron chi connectivity index (χ4n) is 2.22. The SMILES string of the molecule is O=C(O)C1CSCCN1C(=O)Nc1ccc2c(c1)OCO2. The van der Waals surface area contributed by atoms with Gasteiger partial charge in [0.05, 0.1) is 0 Å². The number of nitrogens with one attached hydrogen (secondary N) is 1. The Morgan fingerprint density at radius 2 is 2.14 bits per heavy atom. The first-order chi connectivity index (χ1) is 10.1. The van der Waals surface area contributed by atoms with E-state index >= 15 is 0 Å². The van der Waals surface area contributed by atoms with Crippen LogP contribution < -0.4 is 14.8 Å². The highest BCUT2D eigenvalue weighted by Crippen LogP contribution is 2.34. The van der Waals surface area contributed by atoms with Crippen LogP contribution in [0.3, 0.4) is 0 Å². The van der Waals surface area contributed by atoms with E-state index in [4.69, 9.17) is 9.47 Å². The highest BCUT2D eigenvalue weighted by atomic mass is 32.2. The van der Waals surface area contributed by atoms with Crippen molar-refractivity contribution in [2.45, 2.75) is 6.04 Å².